The summed E-state index contributed by atoms with van der Waals surface area (Å²) in [4.78, 5) is 18.8. The molecule has 41 heavy (non-hydrogen) atoms. The fourth-order valence-corrected chi connectivity index (χ4v) is 4.53. The van der Waals surface area contributed by atoms with Crippen molar-refractivity contribution in [2.45, 2.75) is 31.7 Å². The molecule has 4 aromatic rings. The van der Waals surface area contributed by atoms with Gasteiger partial charge in [-0.25, -0.2) is 9.78 Å². The smallest absolute Gasteiger partial charge is 0.475 e. The molecule has 0 aliphatic carbocycles. The van der Waals surface area contributed by atoms with Gasteiger partial charge < -0.3 is 15.2 Å². The number of aliphatic carboxylic acids is 1. The molecule has 1 aliphatic heterocycles. The van der Waals surface area contributed by atoms with Crippen molar-refractivity contribution in [3.63, 3.8) is 0 Å². The monoisotopic (exact) mass is 579 g/mol. The fourth-order valence-electron chi connectivity index (χ4n) is 4.53. The Morgan fingerprint density at radius 2 is 1.41 bits per heavy atom. The van der Waals surface area contributed by atoms with E-state index in [2.05, 4.69) is 39.1 Å². The van der Waals surface area contributed by atoms with Crippen molar-refractivity contribution >= 4 is 17.0 Å². The maximum absolute atomic E-state index is 13.0. The average Bonchev–Trinajstić information content (AvgIpc) is 3.37. The summed E-state index contributed by atoms with van der Waals surface area (Å²) >= 11 is 0. The van der Waals surface area contributed by atoms with Gasteiger partial charge in [-0.2, -0.15) is 26.3 Å². The quantitative estimate of drug-likeness (QED) is 0.228. The zero-order chi connectivity index (χ0) is 29.8. The predicted octanol–water partition coefficient (Wildman–Crippen LogP) is 6.75. The Balaban J connectivity index is 0.000000493. The molecule has 0 amide bonds. The van der Waals surface area contributed by atoms with Crippen molar-refractivity contribution < 1.29 is 41.4 Å². The lowest BCUT2D eigenvalue weighted by atomic mass is 9.97. The van der Waals surface area contributed by atoms with E-state index in [1.807, 2.05) is 24.3 Å². The lowest BCUT2D eigenvalue weighted by Gasteiger charge is -2.31. The molecule has 3 aromatic carbocycles. The molecule has 0 atom stereocenters. The first kappa shape index (κ1) is 30.1. The number of hydrogen-bond acceptors (Lipinski definition) is 4. The molecule has 2 heterocycles. The second-order valence-corrected chi connectivity index (χ2v) is 9.79. The van der Waals surface area contributed by atoms with Crippen LogP contribution in [0.5, 0.6) is 0 Å². The highest BCUT2D eigenvalue weighted by Gasteiger charge is 2.38. The summed E-state index contributed by atoms with van der Waals surface area (Å²) in [5.74, 6) is -1.77. The zero-order valence-corrected chi connectivity index (χ0v) is 21.6. The maximum Gasteiger partial charge on any atom is 0.490 e. The van der Waals surface area contributed by atoms with Crippen LogP contribution in [0.4, 0.5) is 26.3 Å². The molecule has 0 bridgehead atoms. The van der Waals surface area contributed by atoms with Gasteiger partial charge in [0.2, 0.25) is 0 Å². The summed E-state index contributed by atoms with van der Waals surface area (Å²) in [5, 5.41) is 16.4. The van der Waals surface area contributed by atoms with Crippen molar-refractivity contribution in [1.29, 1.82) is 0 Å². The van der Waals surface area contributed by atoms with E-state index in [1.165, 1.54) is 11.6 Å². The molecule has 5 rings (SSSR count). The van der Waals surface area contributed by atoms with E-state index in [4.69, 9.17) is 9.90 Å². The number of likely N-dealkylation sites (tertiary alicyclic amines) is 1. The minimum atomic E-state index is -5.08. The number of nitrogens with zero attached hydrogens (tertiary/aromatic N) is 2. The average molecular weight is 580 g/mol. The van der Waals surface area contributed by atoms with Crippen LogP contribution in [-0.2, 0) is 17.5 Å². The van der Waals surface area contributed by atoms with Crippen molar-refractivity contribution in [1.82, 2.24) is 14.9 Å². The molecule has 0 unspecified atom stereocenters. The minimum absolute atomic E-state index is 0.288. The number of halogens is 6. The minimum Gasteiger partial charge on any atom is -0.475 e. The van der Waals surface area contributed by atoms with E-state index in [0.717, 1.165) is 61.3 Å². The Kier molecular flexibility index (Phi) is 9.03. The van der Waals surface area contributed by atoms with Crippen LogP contribution in [0.1, 0.15) is 24.0 Å². The van der Waals surface area contributed by atoms with Crippen LogP contribution >= 0.6 is 0 Å². The first-order chi connectivity index (χ1) is 19.3. The van der Waals surface area contributed by atoms with E-state index in [9.17, 15) is 31.4 Å². The van der Waals surface area contributed by atoms with Gasteiger partial charge >= 0.3 is 18.3 Å². The van der Waals surface area contributed by atoms with E-state index < -0.39 is 23.9 Å². The summed E-state index contributed by atoms with van der Waals surface area (Å²) in [6.45, 7) is 3.25. The van der Waals surface area contributed by atoms with E-state index in [1.54, 1.807) is 0 Å². The lowest BCUT2D eigenvalue weighted by molar-refractivity contribution is -0.192. The summed E-state index contributed by atoms with van der Waals surface area (Å²) in [5.41, 5.74) is 4.43. The Labute approximate surface area is 231 Å². The lowest BCUT2D eigenvalue weighted by Crippen LogP contribution is -2.34. The van der Waals surface area contributed by atoms with Crippen molar-refractivity contribution in [3.05, 3.63) is 77.9 Å². The number of nitrogens with one attached hydrogen (secondary N) is 1. The number of carboxylic acids is 1. The van der Waals surface area contributed by atoms with Gasteiger partial charge in [-0.3, -0.25) is 4.90 Å². The van der Waals surface area contributed by atoms with Crippen molar-refractivity contribution in [2.75, 3.05) is 19.7 Å². The molecule has 1 saturated heterocycles. The summed E-state index contributed by atoms with van der Waals surface area (Å²) in [7, 11) is 0. The Morgan fingerprint density at radius 1 is 0.878 bits per heavy atom. The molecular formula is C29H27F6N3O3. The largest absolute Gasteiger partial charge is 0.490 e. The van der Waals surface area contributed by atoms with Gasteiger partial charge in [-0.05, 0) is 66.7 Å². The van der Waals surface area contributed by atoms with Crippen LogP contribution in [-0.4, -0.2) is 56.9 Å². The summed E-state index contributed by atoms with van der Waals surface area (Å²) < 4.78 is 70.7. The van der Waals surface area contributed by atoms with Crippen LogP contribution in [0.3, 0.4) is 0 Å². The third-order valence-electron chi connectivity index (χ3n) is 6.87. The Bertz CT molecular complexity index is 1460. The highest BCUT2D eigenvalue weighted by molar-refractivity contribution is 5.80. The number of carboxylic acid groups (broad SMARTS) is 1. The maximum atomic E-state index is 13.0. The summed E-state index contributed by atoms with van der Waals surface area (Å²) in [6, 6.07) is 19.9. The SMILES string of the molecule is O=C(O)C(F)(F)F.OCC1CCN(Cc2ccc(-c3ccc(-c4nc5ccc(C(F)(F)F)cc5[nH]4)cc3)cc2)CC1. The van der Waals surface area contributed by atoms with Crippen LogP contribution in [0.15, 0.2) is 66.7 Å². The number of hydrogen-bond donors (Lipinski definition) is 3. The third-order valence-corrected chi connectivity index (χ3v) is 6.87. The number of aliphatic hydroxyl groups is 1. The van der Waals surface area contributed by atoms with Gasteiger partial charge in [-0.1, -0.05) is 48.5 Å². The number of H-pyrrole nitrogens is 1. The molecule has 218 valence electrons. The number of alkyl halides is 6. The molecule has 0 saturated carbocycles. The number of benzene rings is 3. The van der Waals surface area contributed by atoms with E-state index in [-0.39, 0.29) is 6.61 Å². The molecule has 0 spiro atoms. The second kappa shape index (κ2) is 12.3. The topological polar surface area (TPSA) is 89.4 Å². The van der Waals surface area contributed by atoms with Crippen LogP contribution in [0.2, 0.25) is 0 Å². The first-order valence-electron chi connectivity index (χ1n) is 12.7. The number of aromatic nitrogens is 2. The van der Waals surface area contributed by atoms with Crippen LogP contribution < -0.4 is 0 Å². The standard InChI is InChI=1S/C27H26F3N3O.C2HF3O2/c28-27(29,30)23-9-10-24-25(15-23)32-26(31-24)22-7-5-21(6-8-22)20-3-1-18(2-4-20)16-33-13-11-19(17-34)12-14-33;3-2(4,5)1(6)7/h1-10,15,19,34H,11-14,16-17H2,(H,31,32);(H,6,7). The van der Waals surface area contributed by atoms with Crippen molar-refractivity contribution in [2.24, 2.45) is 5.92 Å². The van der Waals surface area contributed by atoms with Gasteiger partial charge in [0.05, 0.1) is 16.6 Å². The molecule has 12 heteroatoms. The number of imidazole rings is 1. The zero-order valence-electron chi connectivity index (χ0n) is 21.6. The number of aliphatic hydroxyl groups excluding tert-OH is 1. The van der Waals surface area contributed by atoms with Crippen LogP contribution in [0.25, 0.3) is 33.5 Å². The molecular weight excluding hydrogens is 552 g/mol. The van der Waals surface area contributed by atoms with Gasteiger partial charge in [0.1, 0.15) is 5.82 Å². The number of piperidine rings is 1. The van der Waals surface area contributed by atoms with Gasteiger partial charge in [0, 0.05) is 18.7 Å². The first-order valence-corrected chi connectivity index (χ1v) is 12.7. The van der Waals surface area contributed by atoms with Gasteiger partial charge in [0.15, 0.2) is 0 Å². The molecule has 1 fully saturated rings. The predicted molar refractivity (Wildman–Crippen MR) is 141 cm³/mol. The summed E-state index contributed by atoms with van der Waals surface area (Å²) in [6.07, 6.45) is -7.36. The number of fused-ring (bicyclic) bond motifs is 1. The highest BCUT2D eigenvalue weighted by Crippen LogP contribution is 2.32. The van der Waals surface area contributed by atoms with Crippen LogP contribution in [0, 0.1) is 5.92 Å². The van der Waals surface area contributed by atoms with E-state index >= 15 is 0 Å². The third kappa shape index (κ3) is 7.86. The van der Waals surface area contributed by atoms with Gasteiger partial charge in [-0.15, -0.1) is 0 Å². The number of rotatable bonds is 5. The highest BCUT2D eigenvalue weighted by atomic mass is 19.4. The van der Waals surface area contributed by atoms with Crippen molar-refractivity contribution in [3.8, 4) is 22.5 Å². The Morgan fingerprint density at radius 3 is 1.93 bits per heavy atom. The Hall–Kier alpha value is -3.90. The molecule has 1 aliphatic rings. The molecule has 6 nitrogen and oxygen atoms in total. The molecule has 0 radical (unpaired) electrons. The number of carbonyl (C=O) groups is 1. The van der Waals surface area contributed by atoms with Gasteiger partial charge in [0.25, 0.3) is 0 Å². The fraction of sp³-hybridized carbons (Fsp3) is 0.310. The second-order valence-electron chi connectivity index (χ2n) is 9.79. The normalized spacial score (nSPS) is 15.0. The van der Waals surface area contributed by atoms with E-state index in [0.29, 0.717) is 22.8 Å². The molecule has 1 aromatic heterocycles. The number of aromatic amines is 1. The molecule has 3 N–H and O–H groups in total.